The maximum absolute atomic E-state index is 10.5. The molecule has 1 N–H and O–H groups in total. The molecule has 5 heteroatoms. The van der Waals surface area contributed by atoms with E-state index >= 15 is 0 Å². The summed E-state index contributed by atoms with van der Waals surface area (Å²) >= 11 is 0. The molecule has 1 saturated heterocycles. The van der Waals surface area contributed by atoms with E-state index < -0.39 is 5.60 Å². The summed E-state index contributed by atoms with van der Waals surface area (Å²) in [6.07, 6.45) is 1.40. The Labute approximate surface area is 126 Å². The van der Waals surface area contributed by atoms with Crippen molar-refractivity contribution in [3.8, 4) is 11.5 Å². The Kier molecular flexibility index (Phi) is 5.85. The van der Waals surface area contributed by atoms with Crippen molar-refractivity contribution in [1.29, 1.82) is 0 Å². The molecule has 21 heavy (non-hydrogen) atoms. The molecule has 0 spiro atoms. The molecule has 0 saturated carbocycles. The summed E-state index contributed by atoms with van der Waals surface area (Å²) in [7, 11) is 3.63. The van der Waals surface area contributed by atoms with Crippen LogP contribution in [0.4, 0.5) is 0 Å². The van der Waals surface area contributed by atoms with Crippen molar-refractivity contribution in [1.82, 2.24) is 4.90 Å². The van der Waals surface area contributed by atoms with Crippen LogP contribution in [0.1, 0.15) is 12.8 Å². The fraction of sp³-hybridized carbons (Fsp3) is 0.625. The van der Waals surface area contributed by atoms with E-state index in [0.29, 0.717) is 39.2 Å². The fourth-order valence-electron chi connectivity index (χ4n) is 2.54. The molecule has 118 valence electrons. The third-order valence-corrected chi connectivity index (χ3v) is 3.79. The van der Waals surface area contributed by atoms with Crippen LogP contribution in [0.15, 0.2) is 24.3 Å². The molecule has 5 nitrogen and oxygen atoms in total. The molecule has 0 radical (unpaired) electrons. The van der Waals surface area contributed by atoms with Crippen LogP contribution in [0.2, 0.25) is 0 Å². The summed E-state index contributed by atoms with van der Waals surface area (Å²) in [4.78, 5) is 2.10. The lowest BCUT2D eigenvalue weighted by Crippen LogP contribution is -2.46. The lowest BCUT2D eigenvalue weighted by molar-refractivity contribution is -0.0775. The molecular formula is C16H25NO4. The first-order valence-electron chi connectivity index (χ1n) is 7.37. The van der Waals surface area contributed by atoms with Crippen LogP contribution in [0.25, 0.3) is 0 Å². The molecule has 0 atom stereocenters. The predicted octanol–water partition coefficient (Wildman–Crippen LogP) is 1.55. The zero-order valence-corrected chi connectivity index (χ0v) is 12.9. The minimum Gasteiger partial charge on any atom is -0.493 e. The molecule has 0 aromatic heterocycles. The number of hydrogen-bond donors (Lipinski definition) is 1. The number of nitrogens with zero attached hydrogens (tertiary/aromatic N) is 1. The Morgan fingerprint density at radius 2 is 1.90 bits per heavy atom. The molecule has 1 aliphatic rings. The lowest BCUT2D eigenvalue weighted by Gasteiger charge is -2.35. The van der Waals surface area contributed by atoms with Gasteiger partial charge in [-0.3, -0.25) is 0 Å². The second-order valence-corrected chi connectivity index (χ2v) is 5.57. The van der Waals surface area contributed by atoms with Crippen molar-refractivity contribution in [2.24, 2.45) is 0 Å². The molecular weight excluding hydrogens is 270 g/mol. The van der Waals surface area contributed by atoms with Gasteiger partial charge in [-0.25, -0.2) is 0 Å². The standard InChI is InChI=1S/C16H25NO4/c1-17(13-16(18)7-10-20-11-8-16)9-12-21-15-6-4-3-5-14(15)19-2/h3-6,18H,7-13H2,1-2H3. The van der Waals surface area contributed by atoms with Crippen molar-refractivity contribution in [3.63, 3.8) is 0 Å². The number of para-hydroxylation sites is 2. The van der Waals surface area contributed by atoms with Gasteiger partial charge in [-0.1, -0.05) is 12.1 Å². The second-order valence-electron chi connectivity index (χ2n) is 5.57. The number of methoxy groups -OCH3 is 1. The van der Waals surface area contributed by atoms with Crippen molar-refractivity contribution < 1.29 is 19.3 Å². The molecule has 1 heterocycles. The van der Waals surface area contributed by atoms with Gasteiger partial charge >= 0.3 is 0 Å². The molecule has 1 aliphatic heterocycles. The predicted molar refractivity (Wildman–Crippen MR) is 81.0 cm³/mol. The van der Waals surface area contributed by atoms with E-state index in [0.717, 1.165) is 18.0 Å². The summed E-state index contributed by atoms with van der Waals surface area (Å²) in [5.74, 6) is 1.49. The highest BCUT2D eigenvalue weighted by Crippen LogP contribution is 2.25. The minimum absolute atomic E-state index is 0.559. The zero-order chi connectivity index (χ0) is 15.1. The number of rotatable bonds is 7. The first kappa shape index (κ1) is 16.1. The van der Waals surface area contributed by atoms with Gasteiger partial charge in [-0.2, -0.15) is 0 Å². The van der Waals surface area contributed by atoms with Crippen molar-refractivity contribution in [3.05, 3.63) is 24.3 Å². The Balaban J connectivity index is 1.75. The van der Waals surface area contributed by atoms with E-state index in [-0.39, 0.29) is 0 Å². The summed E-state index contributed by atoms with van der Waals surface area (Å²) < 4.78 is 16.3. The number of hydrogen-bond acceptors (Lipinski definition) is 5. The van der Waals surface area contributed by atoms with Crippen LogP contribution < -0.4 is 9.47 Å². The number of aliphatic hydroxyl groups is 1. The van der Waals surface area contributed by atoms with Gasteiger partial charge in [-0.15, -0.1) is 0 Å². The van der Waals surface area contributed by atoms with Crippen molar-refractivity contribution in [2.45, 2.75) is 18.4 Å². The van der Waals surface area contributed by atoms with Gasteiger partial charge < -0.3 is 24.2 Å². The average molecular weight is 295 g/mol. The number of likely N-dealkylation sites (N-methyl/N-ethyl adjacent to an activating group) is 1. The topological polar surface area (TPSA) is 51.2 Å². The Morgan fingerprint density at radius 3 is 2.57 bits per heavy atom. The van der Waals surface area contributed by atoms with Crippen molar-refractivity contribution >= 4 is 0 Å². The summed E-state index contributed by atoms with van der Waals surface area (Å²) in [5, 5.41) is 10.5. The molecule has 0 amide bonds. The normalized spacial score (nSPS) is 17.7. The fourth-order valence-corrected chi connectivity index (χ4v) is 2.54. The third-order valence-electron chi connectivity index (χ3n) is 3.79. The highest BCUT2D eigenvalue weighted by Gasteiger charge is 2.30. The van der Waals surface area contributed by atoms with E-state index in [1.165, 1.54) is 0 Å². The number of ether oxygens (including phenoxy) is 3. The van der Waals surface area contributed by atoms with E-state index in [1.807, 2.05) is 31.3 Å². The molecule has 0 unspecified atom stereocenters. The third kappa shape index (κ3) is 4.88. The first-order valence-corrected chi connectivity index (χ1v) is 7.37. The van der Waals surface area contributed by atoms with Gasteiger partial charge in [0, 0.05) is 39.1 Å². The largest absolute Gasteiger partial charge is 0.493 e. The van der Waals surface area contributed by atoms with Crippen LogP contribution in [-0.2, 0) is 4.74 Å². The van der Waals surface area contributed by atoms with E-state index in [9.17, 15) is 5.11 Å². The quantitative estimate of drug-likeness (QED) is 0.827. The van der Waals surface area contributed by atoms with Gasteiger partial charge in [0.1, 0.15) is 6.61 Å². The Hall–Kier alpha value is -1.30. The van der Waals surface area contributed by atoms with Gasteiger partial charge in [0.05, 0.1) is 12.7 Å². The van der Waals surface area contributed by atoms with Gasteiger partial charge in [0.2, 0.25) is 0 Å². The van der Waals surface area contributed by atoms with E-state index in [2.05, 4.69) is 4.90 Å². The second kappa shape index (κ2) is 7.64. The maximum Gasteiger partial charge on any atom is 0.161 e. The van der Waals surface area contributed by atoms with Gasteiger partial charge in [0.15, 0.2) is 11.5 Å². The van der Waals surface area contributed by atoms with E-state index in [1.54, 1.807) is 7.11 Å². The maximum atomic E-state index is 10.5. The molecule has 0 aliphatic carbocycles. The molecule has 0 bridgehead atoms. The van der Waals surface area contributed by atoms with Crippen LogP contribution in [0, 0.1) is 0 Å². The Morgan fingerprint density at radius 1 is 1.24 bits per heavy atom. The van der Waals surface area contributed by atoms with Crippen LogP contribution in [-0.4, -0.2) is 62.7 Å². The summed E-state index contributed by atoms with van der Waals surface area (Å²) in [6.45, 7) is 3.24. The first-order chi connectivity index (χ1) is 10.1. The highest BCUT2D eigenvalue weighted by atomic mass is 16.5. The summed E-state index contributed by atoms with van der Waals surface area (Å²) in [6, 6.07) is 7.61. The molecule has 1 fully saturated rings. The van der Waals surface area contributed by atoms with Crippen LogP contribution in [0.3, 0.4) is 0 Å². The molecule has 1 aromatic rings. The molecule has 2 rings (SSSR count). The highest BCUT2D eigenvalue weighted by molar-refractivity contribution is 5.39. The number of benzene rings is 1. The average Bonchev–Trinajstić information content (AvgIpc) is 2.48. The van der Waals surface area contributed by atoms with Crippen LogP contribution in [0.5, 0.6) is 11.5 Å². The van der Waals surface area contributed by atoms with Crippen LogP contribution >= 0.6 is 0 Å². The van der Waals surface area contributed by atoms with Gasteiger partial charge in [0.25, 0.3) is 0 Å². The van der Waals surface area contributed by atoms with Crippen molar-refractivity contribution in [2.75, 3.05) is 47.1 Å². The van der Waals surface area contributed by atoms with E-state index in [4.69, 9.17) is 14.2 Å². The monoisotopic (exact) mass is 295 g/mol. The summed E-state index contributed by atoms with van der Waals surface area (Å²) in [5.41, 5.74) is -0.628. The smallest absolute Gasteiger partial charge is 0.161 e. The lowest BCUT2D eigenvalue weighted by atomic mass is 9.94. The minimum atomic E-state index is -0.628. The van der Waals surface area contributed by atoms with Gasteiger partial charge in [-0.05, 0) is 19.2 Å². The zero-order valence-electron chi connectivity index (χ0n) is 12.9. The molecule has 1 aromatic carbocycles. The SMILES string of the molecule is COc1ccccc1OCCN(C)CC1(O)CCOCC1. The Bertz CT molecular complexity index is 432.